The summed E-state index contributed by atoms with van der Waals surface area (Å²) in [4.78, 5) is 26.2. The first-order valence-corrected chi connectivity index (χ1v) is 6.33. The third-order valence-corrected chi connectivity index (χ3v) is 3.23. The van der Waals surface area contributed by atoms with Gasteiger partial charge in [0.25, 0.3) is 5.91 Å². The van der Waals surface area contributed by atoms with E-state index in [-0.39, 0.29) is 22.8 Å². The molecule has 0 aromatic carbocycles. The van der Waals surface area contributed by atoms with Gasteiger partial charge in [0.05, 0.1) is 7.11 Å². The minimum Gasteiger partial charge on any atom is -0.491 e. The summed E-state index contributed by atoms with van der Waals surface area (Å²) in [6.45, 7) is 2.11. The van der Waals surface area contributed by atoms with Crippen LogP contribution in [-0.4, -0.2) is 37.8 Å². The van der Waals surface area contributed by atoms with Crippen molar-refractivity contribution in [3.63, 3.8) is 0 Å². The van der Waals surface area contributed by atoms with E-state index in [1.165, 1.54) is 19.4 Å². The summed E-state index contributed by atoms with van der Waals surface area (Å²) in [5.41, 5.74) is -0.0599. The van der Waals surface area contributed by atoms with Crippen LogP contribution in [-0.2, 0) is 4.74 Å². The smallest absolute Gasteiger partial charge is 0.267 e. The molecular weight excluding hydrogens is 248 g/mol. The lowest BCUT2D eigenvalue weighted by molar-refractivity contribution is 0.0642. The standard InChI is InChI=1S/C13H18N2O4/c1-18-12-8-14-10(6-11(12)16)13(17)15-7-9-2-4-19-5-3-9/h6,8-9H,2-5,7H2,1H3,(H,14,16)(H,15,17). The lowest BCUT2D eigenvalue weighted by Gasteiger charge is -2.22. The van der Waals surface area contributed by atoms with Crippen molar-refractivity contribution in [2.45, 2.75) is 12.8 Å². The minimum absolute atomic E-state index is 0.195. The summed E-state index contributed by atoms with van der Waals surface area (Å²) >= 11 is 0. The zero-order valence-electron chi connectivity index (χ0n) is 10.9. The summed E-state index contributed by atoms with van der Waals surface area (Å²) in [5.74, 6) is 0.370. The van der Waals surface area contributed by atoms with E-state index >= 15 is 0 Å². The highest BCUT2D eigenvalue weighted by Crippen LogP contribution is 2.13. The van der Waals surface area contributed by atoms with Crippen molar-refractivity contribution >= 4 is 5.91 Å². The van der Waals surface area contributed by atoms with Crippen LogP contribution < -0.4 is 15.5 Å². The van der Waals surface area contributed by atoms with Crippen LogP contribution >= 0.6 is 0 Å². The van der Waals surface area contributed by atoms with Crippen LogP contribution in [0.3, 0.4) is 0 Å². The Labute approximate surface area is 111 Å². The zero-order chi connectivity index (χ0) is 13.7. The number of H-pyrrole nitrogens is 1. The summed E-state index contributed by atoms with van der Waals surface area (Å²) in [6, 6.07) is 1.25. The van der Waals surface area contributed by atoms with Crippen LogP contribution in [0.25, 0.3) is 0 Å². The number of ether oxygens (including phenoxy) is 2. The SMILES string of the molecule is COc1c[nH]c(C(=O)NCC2CCOCC2)cc1=O. The number of pyridine rings is 1. The van der Waals surface area contributed by atoms with Gasteiger partial charge in [-0.1, -0.05) is 0 Å². The van der Waals surface area contributed by atoms with Gasteiger partial charge in [0.2, 0.25) is 5.43 Å². The van der Waals surface area contributed by atoms with Crippen molar-refractivity contribution in [1.82, 2.24) is 10.3 Å². The molecule has 1 amide bonds. The number of aromatic amines is 1. The van der Waals surface area contributed by atoms with Crippen molar-refractivity contribution in [2.24, 2.45) is 5.92 Å². The largest absolute Gasteiger partial charge is 0.491 e. The van der Waals surface area contributed by atoms with E-state index in [2.05, 4.69) is 10.3 Å². The van der Waals surface area contributed by atoms with E-state index in [4.69, 9.17) is 9.47 Å². The second-order valence-corrected chi connectivity index (χ2v) is 4.55. The third-order valence-electron chi connectivity index (χ3n) is 3.23. The molecule has 1 aliphatic rings. The highest BCUT2D eigenvalue weighted by molar-refractivity contribution is 5.92. The summed E-state index contributed by atoms with van der Waals surface area (Å²) in [5, 5.41) is 2.83. The molecule has 0 bridgehead atoms. The Morgan fingerprint density at radius 3 is 2.89 bits per heavy atom. The first-order chi connectivity index (χ1) is 9.20. The number of carbonyl (C=O) groups is 1. The Morgan fingerprint density at radius 1 is 1.53 bits per heavy atom. The fourth-order valence-electron chi connectivity index (χ4n) is 2.03. The quantitative estimate of drug-likeness (QED) is 0.833. The first-order valence-electron chi connectivity index (χ1n) is 6.33. The number of carbonyl (C=O) groups excluding carboxylic acids is 1. The summed E-state index contributed by atoms with van der Waals surface area (Å²) < 4.78 is 10.1. The fourth-order valence-corrected chi connectivity index (χ4v) is 2.03. The summed E-state index contributed by atoms with van der Waals surface area (Å²) in [6.07, 6.45) is 3.31. The van der Waals surface area contributed by atoms with Crippen LogP contribution in [0.5, 0.6) is 5.75 Å². The molecule has 0 saturated carbocycles. The average Bonchev–Trinajstić information content (AvgIpc) is 2.45. The predicted octanol–water partition coefficient (Wildman–Crippen LogP) is 0.540. The maximum Gasteiger partial charge on any atom is 0.267 e. The maximum absolute atomic E-state index is 11.9. The highest BCUT2D eigenvalue weighted by atomic mass is 16.5. The highest BCUT2D eigenvalue weighted by Gasteiger charge is 2.15. The molecule has 2 heterocycles. The monoisotopic (exact) mass is 266 g/mol. The molecule has 0 aliphatic carbocycles. The topological polar surface area (TPSA) is 80.4 Å². The van der Waals surface area contributed by atoms with Gasteiger partial charge >= 0.3 is 0 Å². The number of hydrogen-bond donors (Lipinski definition) is 2. The Kier molecular flexibility index (Phi) is 4.57. The average molecular weight is 266 g/mol. The van der Waals surface area contributed by atoms with E-state index in [1.807, 2.05) is 0 Å². The molecule has 1 fully saturated rings. The first kappa shape index (κ1) is 13.6. The van der Waals surface area contributed by atoms with Gasteiger partial charge in [-0.05, 0) is 18.8 Å². The van der Waals surface area contributed by atoms with Crippen LogP contribution in [0.4, 0.5) is 0 Å². The second kappa shape index (κ2) is 6.38. The van der Waals surface area contributed by atoms with Crippen molar-refractivity contribution in [3.8, 4) is 5.75 Å². The summed E-state index contributed by atoms with van der Waals surface area (Å²) in [7, 11) is 1.41. The van der Waals surface area contributed by atoms with Gasteiger partial charge in [-0.25, -0.2) is 0 Å². The lowest BCUT2D eigenvalue weighted by atomic mass is 10.0. The van der Waals surface area contributed by atoms with Gasteiger partial charge in [0, 0.05) is 32.0 Å². The minimum atomic E-state index is -0.308. The molecule has 2 N–H and O–H groups in total. The van der Waals surface area contributed by atoms with Gasteiger partial charge < -0.3 is 19.8 Å². The molecule has 0 spiro atoms. The molecular formula is C13H18N2O4. The van der Waals surface area contributed by atoms with E-state index in [0.717, 1.165) is 26.1 Å². The normalized spacial score (nSPS) is 16.1. The fraction of sp³-hybridized carbons (Fsp3) is 0.538. The molecule has 0 unspecified atom stereocenters. The molecule has 1 aliphatic heterocycles. The van der Waals surface area contributed by atoms with E-state index in [1.54, 1.807) is 0 Å². The molecule has 1 aromatic rings. The van der Waals surface area contributed by atoms with Crippen LogP contribution in [0.15, 0.2) is 17.1 Å². The van der Waals surface area contributed by atoms with Crippen molar-refractivity contribution in [3.05, 3.63) is 28.2 Å². The van der Waals surface area contributed by atoms with Crippen molar-refractivity contribution in [1.29, 1.82) is 0 Å². The van der Waals surface area contributed by atoms with E-state index in [9.17, 15) is 9.59 Å². The Morgan fingerprint density at radius 2 is 2.26 bits per heavy atom. The number of nitrogens with one attached hydrogen (secondary N) is 2. The molecule has 0 atom stereocenters. The number of amides is 1. The van der Waals surface area contributed by atoms with E-state index < -0.39 is 0 Å². The number of aromatic nitrogens is 1. The molecule has 0 radical (unpaired) electrons. The van der Waals surface area contributed by atoms with Gasteiger partial charge in [-0.15, -0.1) is 0 Å². The maximum atomic E-state index is 11.9. The molecule has 6 heteroatoms. The van der Waals surface area contributed by atoms with Gasteiger partial charge in [-0.3, -0.25) is 9.59 Å². The zero-order valence-corrected chi connectivity index (χ0v) is 10.9. The second-order valence-electron chi connectivity index (χ2n) is 4.55. The molecule has 1 saturated heterocycles. The molecule has 1 aromatic heterocycles. The third kappa shape index (κ3) is 3.57. The van der Waals surface area contributed by atoms with Gasteiger partial charge in [-0.2, -0.15) is 0 Å². The van der Waals surface area contributed by atoms with Crippen molar-refractivity contribution in [2.75, 3.05) is 26.9 Å². The van der Waals surface area contributed by atoms with Crippen LogP contribution in [0.2, 0.25) is 0 Å². The van der Waals surface area contributed by atoms with Crippen LogP contribution in [0, 0.1) is 5.92 Å². The Hall–Kier alpha value is -1.82. The number of rotatable bonds is 4. The molecule has 104 valence electrons. The molecule has 19 heavy (non-hydrogen) atoms. The Balaban J connectivity index is 1.92. The molecule has 6 nitrogen and oxygen atoms in total. The number of hydrogen-bond acceptors (Lipinski definition) is 4. The predicted molar refractivity (Wildman–Crippen MR) is 69.5 cm³/mol. The van der Waals surface area contributed by atoms with Gasteiger partial charge in [0.15, 0.2) is 5.75 Å². The lowest BCUT2D eigenvalue weighted by Crippen LogP contribution is -2.33. The van der Waals surface area contributed by atoms with Crippen LogP contribution in [0.1, 0.15) is 23.3 Å². The molecule has 2 rings (SSSR count). The van der Waals surface area contributed by atoms with Crippen molar-refractivity contribution < 1.29 is 14.3 Å². The number of methoxy groups -OCH3 is 1. The van der Waals surface area contributed by atoms with E-state index in [0.29, 0.717) is 12.5 Å². The Bertz CT molecular complexity index is 492. The van der Waals surface area contributed by atoms with Gasteiger partial charge in [0.1, 0.15) is 5.69 Å².